The van der Waals surface area contributed by atoms with Crippen LogP contribution in [0.15, 0.2) is 42.5 Å². The molecule has 18 nitrogen and oxygen atoms in total. The van der Waals surface area contributed by atoms with E-state index in [4.69, 9.17) is 20.2 Å². The van der Waals surface area contributed by atoms with Crippen molar-refractivity contribution in [3.05, 3.63) is 76.4 Å². The maximum Gasteiger partial charge on any atom is 0.276 e. The molecule has 1 aromatic carbocycles. The van der Waals surface area contributed by atoms with E-state index >= 15 is 0 Å². The van der Waals surface area contributed by atoms with Crippen molar-refractivity contribution in [1.29, 1.82) is 0 Å². The van der Waals surface area contributed by atoms with Crippen LogP contribution in [0, 0.1) is 19.8 Å². The van der Waals surface area contributed by atoms with Crippen LogP contribution in [0.25, 0.3) is 22.2 Å². The molecule has 1 aliphatic rings. The molecule has 0 spiro atoms. The second-order valence-corrected chi connectivity index (χ2v) is 13.9. The fraction of sp³-hybridized carbons (Fsp3) is 0.359. The SMILES string of the molecule is CCn1nc(C)cc1C(=O)Nc1nc2cc(C(C)=O)c(OC)nc2n1C/C=C/Cn1c(NC(=O)c2cc(C)nn2CC)nc2cc(C(N)=O)cc(OCC3CC3)c21. The van der Waals surface area contributed by atoms with Crippen molar-refractivity contribution in [3.8, 4) is 11.6 Å². The van der Waals surface area contributed by atoms with Gasteiger partial charge in [-0.3, -0.25) is 43.7 Å². The maximum absolute atomic E-state index is 13.7. The Bertz CT molecular complexity index is 2590. The predicted molar refractivity (Wildman–Crippen MR) is 211 cm³/mol. The molecule has 0 saturated heterocycles. The van der Waals surface area contributed by atoms with Crippen LogP contribution in [-0.4, -0.2) is 80.9 Å². The van der Waals surface area contributed by atoms with Gasteiger partial charge >= 0.3 is 0 Å². The van der Waals surface area contributed by atoms with E-state index in [1.807, 2.05) is 39.8 Å². The summed E-state index contributed by atoms with van der Waals surface area (Å²) >= 11 is 0. The number of ether oxygens (including phenoxy) is 2. The Morgan fingerprint density at radius 2 is 1.40 bits per heavy atom. The Kier molecular flexibility index (Phi) is 10.6. The summed E-state index contributed by atoms with van der Waals surface area (Å²) in [6.45, 7) is 10.6. The minimum Gasteiger partial charge on any atom is -0.491 e. The minimum absolute atomic E-state index is 0.122. The van der Waals surface area contributed by atoms with Crippen LogP contribution in [0.1, 0.15) is 86.7 Å². The van der Waals surface area contributed by atoms with Crippen molar-refractivity contribution >= 4 is 57.6 Å². The highest BCUT2D eigenvalue weighted by molar-refractivity contribution is 6.05. The highest BCUT2D eigenvalue weighted by Crippen LogP contribution is 2.35. The van der Waals surface area contributed by atoms with Gasteiger partial charge in [0.05, 0.1) is 36.2 Å². The number of fused-ring (bicyclic) bond motifs is 2. The molecule has 3 amide bonds. The Morgan fingerprint density at radius 1 is 0.825 bits per heavy atom. The van der Waals surface area contributed by atoms with E-state index in [9.17, 15) is 19.2 Å². The number of aryl methyl sites for hydroxylation is 4. The standard InChI is InChI=1S/C39H44N12O6/c1-7-50-29(15-21(3)46-50)35(54)44-38-41-27-17-25(33(40)53)18-31(57-20-24-11-12-24)32(27)48(38)13-9-10-14-49-34-28(19-26(23(5)52)37(43-34)56-6)42-39(49)45-36(55)30-16-22(4)47-51(30)8-2/h9-10,15-19,24H,7-8,11-14,20H2,1-6H3,(H2,40,53)(H,41,44,54)(H,42,45,55)/b10-9+. The number of nitrogens with one attached hydrogen (secondary N) is 2. The topological polar surface area (TPSA) is 221 Å². The number of methoxy groups -OCH3 is 1. The quantitative estimate of drug-likeness (QED) is 0.0904. The normalized spacial score (nSPS) is 12.8. The number of imidazole rings is 2. The van der Waals surface area contributed by atoms with Gasteiger partial charge in [-0.1, -0.05) is 12.2 Å². The third-order valence-electron chi connectivity index (χ3n) is 9.58. The summed E-state index contributed by atoms with van der Waals surface area (Å²) in [5, 5.41) is 14.7. The van der Waals surface area contributed by atoms with Gasteiger partial charge in [-0.2, -0.15) is 15.2 Å². The number of benzene rings is 1. The van der Waals surface area contributed by atoms with E-state index in [0.717, 1.165) is 12.8 Å². The van der Waals surface area contributed by atoms with Crippen LogP contribution in [0.4, 0.5) is 11.9 Å². The summed E-state index contributed by atoms with van der Waals surface area (Å²) in [7, 11) is 1.43. The molecule has 296 valence electrons. The fourth-order valence-electron chi connectivity index (χ4n) is 6.59. The second kappa shape index (κ2) is 15.7. The van der Waals surface area contributed by atoms with Gasteiger partial charge < -0.3 is 19.8 Å². The third-order valence-corrected chi connectivity index (χ3v) is 9.58. The van der Waals surface area contributed by atoms with Crippen molar-refractivity contribution in [2.45, 2.75) is 73.6 Å². The lowest BCUT2D eigenvalue weighted by Crippen LogP contribution is -2.20. The average molecular weight is 777 g/mol. The largest absolute Gasteiger partial charge is 0.491 e. The van der Waals surface area contributed by atoms with Gasteiger partial charge in [0.1, 0.15) is 28.2 Å². The predicted octanol–water partition coefficient (Wildman–Crippen LogP) is 4.69. The van der Waals surface area contributed by atoms with Crippen molar-refractivity contribution in [3.63, 3.8) is 0 Å². The van der Waals surface area contributed by atoms with E-state index in [1.165, 1.54) is 14.0 Å². The molecule has 0 bridgehead atoms. The van der Waals surface area contributed by atoms with E-state index in [-0.39, 0.29) is 47.8 Å². The molecular formula is C39H44N12O6. The number of primary amides is 1. The number of aromatic nitrogens is 9. The summed E-state index contributed by atoms with van der Waals surface area (Å²) in [6.07, 6.45) is 5.81. The molecule has 5 heterocycles. The van der Waals surface area contributed by atoms with Gasteiger partial charge in [-0.05, 0) is 83.7 Å². The van der Waals surface area contributed by atoms with Crippen LogP contribution in [0.2, 0.25) is 0 Å². The first-order valence-electron chi connectivity index (χ1n) is 18.7. The van der Waals surface area contributed by atoms with Crippen LogP contribution in [0.3, 0.4) is 0 Å². The lowest BCUT2D eigenvalue weighted by atomic mass is 10.1. The van der Waals surface area contributed by atoms with E-state index in [1.54, 1.807) is 48.8 Å². The third kappa shape index (κ3) is 7.83. The first-order chi connectivity index (χ1) is 27.4. The van der Waals surface area contributed by atoms with Gasteiger partial charge in [0.15, 0.2) is 11.4 Å². The number of allylic oxidation sites excluding steroid dienone is 2. The fourth-order valence-corrected chi connectivity index (χ4v) is 6.59. The van der Waals surface area contributed by atoms with Gasteiger partial charge in [-0.15, -0.1) is 0 Å². The summed E-state index contributed by atoms with van der Waals surface area (Å²) in [4.78, 5) is 66.1. The number of carbonyl (C=O) groups is 4. The first kappa shape index (κ1) is 38.4. The second-order valence-electron chi connectivity index (χ2n) is 13.9. The van der Waals surface area contributed by atoms with Crippen LogP contribution >= 0.6 is 0 Å². The Balaban J connectivity index is 1.27. The number of hydrogen-bond donors (Lipinski definition) is 3. The summed E-state index contributed by atoms with van der Waals surface area (Å²) in [6, 6.07) is 8.15. The average Bonchev–Trinajstić information content (AvgIpc) is 3.47. The van der Waals surface area contributed by atoms with Gasteiger partial charge in [-0.25, -0.2) is 9.97 Å². The van der Waals surface area contributed by atoms with E-state index < -0.39 is 17.7 Å². The maximum atomic E-state index is 13.7. The molecule has 1 aliphatic carbocycles. The number of anilines is 2. The van der Waals surface area contributed by atoms with Crippen molar-refractivity contribution < 1.29 is 28.7 Å². The lowest BCUT2D eigenvalue weighted by Gasteiger charge is -2.13. The molecule has 0 radical (unpaired) electrons. The minimum atomic E-state index is -0.638. The number of rotatable bonds is 16. The molecule has 1 saturated carbocycles. The monoisotopic (exact) mass is 776 g/mol. The van der Waals surface area contributed by atoms with Crippen molar-refractivity contribution in [2.24, 2.45) is 11.7 Å². The Hall–Kier alpha value is -6.85. The summed E-state index contributed by atoms with van der Waals surface area (Å²) in [5.74, 6) is -0.376. The van der Waals surface area contributed by atoms with E-state index in [0.29, 0.717) is 76.3 Å². The summed E-state index contributed by atoms with van der Waals surface area (Å²) < 4.78 is 18.4. The highest BCUT2D eigenvalue weighted by Gasteiger charge is 2.26. The van der Waals surface area contributed by atoms with Crippen LogP contribution in [0.5, 0.6) is 11.6 Å². The van der Waals surface area contributed by atoms with Crippen LogP contribution in [-0.2, 0) is 26.2 Å². The Morgan fingerprint density at radius 3 is 1.95 bits per heavy atom. The zero-order chi connectivity index (χ0) is 40.5. The molecule has 0 atom stereocenters. The molecule has 18 heteroatoms. The molecule has 6 aromatic rings. The number of nitrogens with two attached hydrogens (primary N) is 1. The van der Waals surface area contributed by atoms with Crippen LogP contribution < -0.4 is 25.8 Å². The van der Waals surface area contributed by atoms with Gasteiger partial charge in [0, 0.05) is 31.7 Å². The number of carbonyl (C=O) groups excluding carboxylic acids is 4. The van der Waals surface area contributed by atoms with Gasteiger partial charge in [0.25, 0.3) is 11.8 Å². The molecule has 4 N–H and O–H groups in total. The molecule has 0 aliphatic heterocycles. The first-order valence-corrected chi connectivity index (χ1v) is 18.7. The molecule has 1 fully saturated rings. The Labute approximate surface area is 327 Å². The highest BCUT2D eigenvalue weighted by atomic mass is 16.5. The number of amides is 3. The number of hydrogen-bond acceptors (Lipinski definition) is 11. The summed E-state index contributed by atoms with van der Waals surface area (Å²) in [5.41, 5.74) is 10.0. The molecule has 5 aromatic heterocycles. The number of nitrogens with zero attached hydrogens (tertiary/aromatic N) is 9. The van der Waals surface area contributed by atoms with Crippen molar-refractivity contribution in [2.75, 3.05) is 24.4 Å². The number of ketones is 1. The zero-order valence-electron chi connectivity index (χ0n) is 32.6. The van der Waals surface area contributed by atoms with E-state index in [2.05, 4.69) is 30.8 Å². The molecule has 0 unspecified atom stereocenters. The molecule has 57 heavy (non-hydrogen) atoms. The number of Topliss-reactive ketones (excluding diaryl/α,β-unsaturated/α-hetero) is 1. The van der Waals surface area contributed by atoms with Crippen molar-refractivity contribution in [1.82, 2.24) is 43.6 Å². The molecular weight excluding hydrogens is 733 g/mol. The smallest absolute Gasteiger partial charge is 0.276 e. The van der Waals surface area contributed by atoms with Gasteiger partial charge in [0.2, 0.25) is 23.7 Å². The zero-order valence-corrected chi connectivity index (χ0v) is 32.6. The lowest BCUT2D eigenvalue weighted by molar-refractivity contribution is 0.0993. The number of pyridine rings is 1. The molecule has 7 rings (SSSR count).